The highest BCUT2D eigenvalue weighted by Gasteiger charge is 2.01. The second-order valence-corrected chi connectivity index (χ2v) is 5.21. The van der Waals surface area contributed by atoms with E-state index in [0.717, 1.165) is 22.4 Å². The molecule has 124 valence electrons. The molecule has 9 heteroatoms. The van der Waals surface area contributed by atoms with Gasteiger partial charge in [-0.2, -0.15) is 0 Å². The molecule has 0 spiro atoms. The molecule has 0 fully saturated rings. The maximum absolute atomic E-state index is 5.85. The number of nitrogens with two attached hydrogens (primary N) is 1. The van der Waals surface area contributed by atoms with Crippen LogP contribution < -0.4 is 11.1 Å². The zero-order valence-corrected chi connectivity index (χ0v) is 13.7. The van der Waals surface area contributed by atoms with Crippen LogP contribution in [0.1, 0.15) is 0 Å². The van der Waals surface area contributed by atoms with Gasteiger partial charge in [0.05, 0.1) is 59.1 Å². The van der Waals surface area contributed by atoms with Gasteiger partial charge in [0.2, 0.25) is 0 Å². The van der Waals surface area contributed by atoms with Crippen molar-refractivity contribution < 1.29 is 0 Å². The molecule has 3 N–H and O–H groups in total. The molecule has 0 unspecified atom stereocenters. The van der Waals surface area contributed by atoms with Gasteiger partial charge in [0.1, 0.15) is 17.8 Å². The molecule has 4 aromatic heterocycles. The summed E-state index contributed by atoms with van der Waals surface area (Å²) in [5.41, 5.74) is 8.98. The number of halogens is 1. The Morgan fingerprint density at radius 3 is 2.12 bits per heavy atom. The van der Waals surface area contributed by atoms with Gasteiger partial charge in [-0.3, -0.25) is 4.98 Å². The Kier molecular flexibility index (Phi) is 5.22. The highest BCUT2D eigenvalue weighted by Crippen LogP contribution is 2.19. The van der Waals surface area contributed by atoms with E-state index in [-0.39, 0.29) is 0 Å². The van der Waals surface area contributed by atoms with Gasteiger partial charge < -0.3 is 11.1 Å². The van der Waals surface area contributed by atoms with Crippen LogP contribution in [0.3, 0.4) is 0 Å². The van der Waals surface area contributed by atoms with Gasteiger partial charge in [0.15, 0.2) is 0 Å². The van der Waals surface area contributed by atoms with Crippen molar-refractivity contribution in [1.82, 2.24) is 29.9 Å². The lowest BCUT2D eigenvalue weighted by molar-refractivity contribution is 1.17. The maximum atomic E-state index is 5.85. The monoisotopic (exact) mass is 352 g/mol. The Labute approximate surface area is 148 Å². The molecule has 4 heterocycles. The van der Waals surface area contributed by atoms with E-state index in [9.17, 15) is 0 Å². The first-order valence-corrected chi connectivity index (χ1v) is 7.53. The maximum Gasteiger partial charge on any atom is 0.129 e. The molecule has 25 heavy (non-hydrogen) atoms. The average molecular weight is 353 g/mol. The van der Waals surface area contributed by atoms with Crippen molar-refractivity contribution in [3.63, 3.8) is 0 Å². The van der Waals surface area contributed by atoms with Crippen LogP contribution in [-0.4, -0.2) is 29.9 Å². The third-order valence-electron chi connectivity index (χ3n) is 2.93. The number of hydrogen-bond donors (Lipinski definition) is 2. The fourth-order valence-electron chi connectivity index (χ4n) is 1.89. The van der Waals surface area contributed by atoms with Gasteiger partial charge in [-0.15, -0.1) is 0 Å². The fourth-order valence-corrected chi connectivity index (χ4v) is 2.05. The van der Waals surface area contributed by atoms with E-state index in [1.807, 2.05) is 12.1 Å². The summed E-state index contributed by atoms with van der Waals surface area (Å²) in [7, 11) is 0. The molecule has 0 bridgehead atoms. The van der Waals surface area contributed by atoms with Crippen LogP contribution in [0.15, 0.2) is 61.8 Å². The molecule has 8 nitrogen and oxygen atoms in total. The lowest BCUT2D eigenvalue weighted by Crippen LogP contribution is -1.93. The van der Waals surface area contributed by atoms with E-state index in [1.165, 1.54) is 12.7 Å². The minimum absolute atomic E-state index is 0.449. The lowest BCUT2D eigenvalue weighted by atomic mass is 10.3. The minimum Gasteiger partial charge on any atom is -0.396 e. The highest BCUT2D eigenvalue weighted by molar-refractivity contribution is 6.29. The van der Waals surface area contributed by atoms with Gasteiger partial charge in [0.25, 0.3) is 0 Å². The van der Waals surface area contributed by atoms with Crippen LogP contribution in [0.2, 0.25) is 5.15 Å². The quantitative estimate of drug-likeness (QED) is 0.529. The second-order valence-electron chi connectivity index (χ2n) is 4.82. The van der Waals surface area contributed by atoms with Crippen LogP contribution in [0.4, 0.5) is 17.1 Å². The van der Waals surface area contributed by atoms with E-state index >= 15 is 0 Å². The van der Waals surface area contributed by atoms with E-state index in [0.29, 0.717) is 10.8 Å². The Hall–Kier alpha value is -3.39. The SMILES string of the molecule is Clc1ccc2ncc(Nc3cncnc3)cc2n1.Nc1cncnc1. The highest BCUT2D eigenvalue weighted by atomic mass is 35.5. The lowest BCUT2D eigenvalue weighted by Gasteiger charge is -2.05. The first-order valence-electron chi connectivity index (χ1n) is 7.15. The summed E-state index contributed by atoms with van der Waals surface area (Å²) in [6.45, 7) is 0. The summed E-state index contributed by atoms with van der Waals surface area (Å²) in [5.74, 6) is 0. The molecular formula is C16H13ClN8. The zero-order valence-electron chi connectivity index (χ0n) is 12.9. The predicted molar refractivity (Wildman–Crippen MR) is 96.3 cm³/mol. The van der Waals surface area contributed by atoms with E-state index in [1.54, 1.807) is 37.1 Å². The number of anilines is 3. The molecule has 0 amide bonds. The van der Waals surface area contributed by atoms with Crippen molar-refractivity contribution in [3.05, 3.63) is 67.0 Å². The molecule has 0 aliphatic rings. The number of nitrogens with one attached hydrogen (secondary N) is 1. The smallest absolute Gasteiger partial charge is 0.129 e. The topological polar surface area (TPSA) is 115 Å². The number of pyridine rings is 2. The predicted octanol–water partition coefficient (Wildman–Crippen LogP) is 2.88. The number of fused-ring (bicyclic) bond motifs is 1. The van der Waals surface area contributed by atoms with E-state index < -0.39 is 0 Å². The van der Waals surface area contributed by atoms with Crippen LogP contribution in [0.5, 0.6) is 0 Å². The Morgan fingerprint density at radius 1 is 0.800 bits per heavy atom. The van der Waals surface area contributed by atoms with E-state index in [2.05, 4.69) is 35.2 Å². The largest absolute Gasteiger partial charge is 0.396 e. The zero-order chi connectivity index (χ0) is 17.5. The van der Waals surface area contributed by atoms with Crippen molar-refractivity contribution in [1.29, 1.82) is 0 Å². The summed E-state index contributed by atoms with van der Waals surface area (Å²) in [6, 6.07) is 5.43. The number of aromatic nitrogens is 6. The normalized spacial score (nSPS) is 9.96. The molecule has 0 aliphatic carbocycles. The van der Waals surface area contributed by atoms with Crippen molar-refractivity contribution in [2.24, 2.45) is 0 Å². The van der Waals surface area contributed by atoms with Crippen LogP contribution in [-0.2, 0) is 0 Å². The van der Waals surface area contributed by atoms with Crippen molar-refractivity contribution >= 4 is 39.7 Å². The van der Waals surface area contributed by atoms with Gasteiger partial charge in [0, 0.05) is 0 Å². The van der Waals surface area contributed by atoms with Crippen LogP contribution >= 0.6 is 11.6 Å². The van der Waals surface area contributed by atoms with Gasteiger partial charge in [-0.1, -0.05) is 11.6 Å². The average Bonchev–Trinajstić information content (AvgIpc) is 2.63. The molecule has 0 atom stereocenters. The molecule has 0 saturated heterocycles. The minimum atomic E-state index is 0.449. The first-order chi connectivity index (χ1) is 12.2. The first kappa shape index (κ1) is 16.5. The van der Waals surface area contributed by atoms with Crippen molar-refractivity contribution in [3.8, 4) is 0 Å². The Morgan fingerprint density at radius 2 is 1.48 bits per heavy atom. The molecular weight excluding hydrogens is 340 g/mol. The fraction of sp³-hybridized carbons (Fsp3) is 0. The van der Waals surface area contributed by atoms with E-state index in [4.69, 9.17) is 17.3 Å². The summed E-state index contributed by atoms with van der Waals surface area (Å²) in [6.07, 6.45) is 11.1. The van der Waals surface area contributed by atoms with Crippen molar-refractivity contribution in [2.75, 3.05) is 11.1 Å². The second kappa shape index (κ2) is 7.93. The number of hydrogen-bond acceptors (Lipinski definition) is 8. The summed E-state index contributed by atoms with van der Waals surface area (Å²) in [5, 5.41) is 3.59. The number of nitrogens with zero attached hydrogens (tertiary/aromatic N) is 6. The van der Waals surface area contributed by atoms with Crippen molar-refractivity contribution in [2.45, 2.75) is 0 Å². The van der Waals surface area contributed by atoms with Crippen LogP contribution in [0, 0.1) is 0 Å². The standard InChI is InChI=1S/C12H8ClN5.C4H5N3/c13-12-2-1-10-11(18-12)3-8(6-16-10)17-9-4-14-7-15-5-9;5-4-1-6-3-7-2-4/h1-7,17H;1-3H,5H2. The molecule has 4 aromatic rings. The number of rotatable bonds is 2. The summed E-state index contributed by atoms with van der Waals surface area (Å²) >= 11 is 5.85. The summed E-state index contributed by atoms with van der Waals surface area (Å²) in [4.78, 5) is 23.7. The van der Waals surface area contributed by atoms with Gasteiger partial charge >= 0.3 is 0 Å². The molecule has 0 aromatic carbocycles. The van der Waals surface area contributed by atoms with Crippen LogP contribution in [0.25, 0.3) is 11.0 Å². The Balaban J connectivity index is 0.000000219. The molecule has 0 radical (unpaired) electrons. The molecule has 0 saturated carbocycles. The molecule has 0 aliphatic heterocycles. The third kappa shape index (κ3) is 4.79. The van der Waals surface area contributed by atoms with Gasteiger partial charge in [-0.25, -0.2) is 24.9 Å². The van der Waals surface area contributed by atoms with Gasteiger partial charge in [-0.05, 0) is 18.2 Å². The number of nitrogen functional groups attached to an aromatic ring is 1. The summed E-state index contributed by atoms with van der Waals surface area (Å²) < 4.78 is 0. The third-order valence-corrected chi connectivity index (χ3v) is 3.14. The molecule has 4 rings (SSSR count). The Bertz CT molecular complexity index is 950.